The molecule has 1 aromatic carbocycles. The van der Waals surface area contributed by atoms with E-state index in [2.05, 4.69) is 26.1 Å². The molecule has 2 nitrogen and oxygen atoms in total. The molecule has 1 aliphatic heterocycles. The topological polar surface area (TPSA) is 32.3 Å². The van der Waals surface area contributed by atoms with Gasteiger partial charge in [0.2, 0.25) is 0 Å². The van der Waals surface area contributed by atoms with Crippen molar-refractivity contribution < 1.29 is 5.11 Å². The Morgan fingerprint density at radius 1 is 1.16 bits per heavy atom. The molecule has 0 aliphatic carbocycles. The second kappa shape index (κ2) is 6.53. The number of aliphatic hydroxyl groups excluding tert-OH is 1. The van der Waals surface area contributed by atoms with Gasteiger partial charge in [0.15, 0.2) is 0 Å². The van der Waals surface area contributed by atoms with Crippen LogP contribution in [0.25, 0.3) is 0 Å². The number of benzene rings is 1. The molecular formula is C17H27NO. The van der Waals surface area contributed by atoms with Gasteiger partial charge < -0.3 is 10.4 Å². The van der Waals surface area contributed by atoms with Gasteiger partial charge in [-0.15, -0.1) is 0 Å². The average Bonchev–Trinajstić information content (AvgIpc) is 2.39. The van der Waals surface area contributed by atoms with Crippen molar-refractivity contribution in [2.45, 2.75) is 58.2 Å². The summed E-state index contributed by atoms with van der Waals surface area (Å²) in [5, 5.41) is 14.4. The van der Waals surface area contributed by atoms with Crippen LogP contribution in [-0.2, 0) is 0 Å². The van der Waals surface area contributed by atoms with Crippen molar-refractivity contribution in [1.29, 1.82) is 0 Å². The summed E-state index contributed by atoms with van der Waals surface area (Å²) in [5.74, 6) is 0.753. The van der Waals surface area contributed by atoms with Crippen molar-refractivity contribution in [1.82, 2.24) is 5.32 Å². The molecule has 0 aromatic heterocycles. The fourth-order valence-electron chi connectivity index (χ4n) is 3.40. The Morgan fingerprint density at radius 2 is 1.84 bits per heavy atom. The minimum Gasteiger partial charge on any atom is -0.388 e. The molecule has 4 unspecified atom stereocenters. The maximum absolute atomic E-state index is 10.7. The van der Waals surface area contributed by atoms with Crippen LogP contribution in [0.2, 0.25) is 0 Å². The summed E-state index contributed by atoms with van der Waals surface area (Å²) in [5.41, 5.74) is 1.04. The van der Waals surface area contributed by atoms with E-state index in [0.29, 0.717) is 18.0 Å². The predicted octanol–water partition coefficient (Wildman–Crippen LogP) is 3.52. The molecule has 2 heteroatoms. The van der Waals surface area contributed by atoms with Crippen molar-refractivity contribution in [3.05, 3.63) is 35.9 Å². The highest BCUT2D eigenvalue weighted by atomic mass is 16.3. The lowest BCUT2D eigenvalue weighted by molar-refractivity contribution is 0.0434. The Balaban J connectivity index is 2.15. The summed E-state index contributed by atoms with van der Waals surface area (Å²) < 4.78 is 0. The first-order valence-corrected chi connectivity index (χ1v) is 7.58. The fourth-order valence-corrected chi connectivity index (χ4v) is 3.40. The van der Waals surface area contributed by atoms with Gasteiger partial charge in [0.05, 0.1) is 6.10 Å². The van der Waals surface area contributed by atoms with Crippen LogP contribution < -0.4 is 5.32 Å². The summed E-state index contributed by atoms with van der Waals surface area (Å²) in [6, 6.07) is 11.1. The van der Waals surface area contributed by atoms with E-state index in [0.717, 1.165) is 5.56 Å². The summed E-state index contributed by atoms with van der Waals surface area (Å²) in [7, 11) is 0. The molecule has 0 amide bonds. The van der Waals surface area contributed by atoms with Crippen LogP contribution in [0.3, 0.4) is 0 Å². The van der Waals surface area contributed by atoms with Crippen molar-refractivity contribution >= 4 is 0 Å². The molecule has 106 valence electrons. The van der Waals surface area contributed by atoms with E-state index in [1.165, 1.54) is 19.3 Å². The zero-order valence-corrected chi connectivity index (χ0v) is 12.3. The molecule has 1 aromatic rings. The molecule has 1 aliphatic rings. The van der Waals surface area contributed by atoms with Crippen LogP contribution >= 0.6 is 0 Å². The van der Waals surface area contributed by atoms with Gasteiger partial charge in [0.25, 0.3) is 0 Å². The maximum atomic E-state index is 10.7. The van der Waals surface area contributed by atoms with Crippen LogP contribution in [0.4, 0.5) is 0 Å². The lowest BCUT2D eigenvalue weighted by Gasteiger charge is -2.39. The molecule has 2 rings (SSSR count). The molecule has 0 bridgehead atoms. The molecule has 0 saturated carbocycles. The Labute approximate surface area is 117 Å². The minimum atomic E-state index is -0.371. The third-order valence-corrected chi connectivity index (χ3v) is 4.39. The first-order chi connectivity index (χ1) is 9.09. The van der Waals surface area contributed by atoms with Gasteiger partial charge in [0.1, 0.15) is 0 Å². The van der Waals surface area contributed by atoms with E-state index in [9.17, 15) is 5.11 Å². The molecular weight excluding hydrogens is 234 g/mol. The molecule has 1 fully saturated rings. The standard InChI is InChI=1S/C17H27NO/c1-12(2)16(15-11-7-8-13(3)18-15)17(19)14-9-5-4-6-10-14/h4-6,9-10,12-13,15-19H,7-8,11H2,1-3H3. The third kappa shape index (κ3) is 3.58. The summed E-state index contributed by atoms with van der Waals surface area (Å²) >= 11 is 0. The van der Waals surface area contributed by atoms with Gasteiger partial charge >= 0.3 is 0 Å². The Bertz CT molecular complexity index is 376. The Morgan fingerprint density at radius 3 is 2.42 bits per heavy atom. The minimum absolute atomic E-state index is 0.283. The second-order valence-electron chi connectivity index (χ2n) is 6.28. The van der Waals surface area contributed by atoms with Crippen molar-refractivity contribution in [2.75, 3.05) is 0 Å². The van der Waals surface area contributed by atoms with Crippen molar-refractivity contribution in [2.24, 2.45) is 11.8 Å². The Hall–Kier alpha value is -0.860. The summed E-state index contributed by atoms with van der Waals surface area (Å²) in [6.07, 6.45) is 3.33. The van der Waals surface area contributed by atoms with E-state index in [-0.39, 0.29) is 12.0 Å². The smallest absolute Gasteiger partial charge is 0.0835 e. The number of rotatable bonds is 4. The second-order valence-corrected chi connectivity index (χ2v) is 6.28. The first-order valence-electron chi connectivity index (χ1n) is 7.58. The summed E-state index contributed by atoms with van der Waals surface area (Å²) in [6.45, 7) is 6.69. The first kappa shape index (κ1) is 14.5. The molecule has 1 heterocycles. The lowest BCUT2D eigenvalue weighted by atomic mass is 9.77. The van der Waals surface area contributed by atoms with Gasteiger partial charge in [-0.3, -0.25) is 0 Å². The predicted molar refractivity (Wildman–Crippen MR) is 80.0 cm³/mol. The number of piperidine rings is 1. The zero-order valence-electron chi connectivity index (χ0n) is 12.3. The highest BCUT2D eigenvalue weighted by Gasteiger charge is 2.33. The largest absolute Gasteiger partial charge is 0.388 e. The average molecular weight is 261 g/mol. The molecule has 4 atom stereocenters. The van der Waals surface area contributed by atoms with Gasteiger partial charge in [-0.2, -0.15) is 0 Å². The van der Waals surface area contributed by atoms with Gasteiger partial charge in [-0.25, -0.2) is 0 Å². The summed E-state index contributed by atoms with van der Waals surface area (Å²) in [4.78, 5) is 0. The van der Waals surface area contributed by atoms with E-state index < -0.39 is 0 Å². The van der Waals surface area contributed by atoms with Crippen LogP contribution in [0.5, 0.6) is 0 Å². The van der Waals surface area contributed by atoms with E-state index in [4.69, 9.17) is 0 Å². The number of hydrogen-bond acceptors (Lipinski definition) is 2. The maximum Gasteiger partial charge on any atom is 0.0835 e. The highest BCUT2D eigenvalue weighted by Crippen LogP contribution is 2.34. The lowest BCUT2D eigenvalue weighted by Crippen LogP contribution is -2.48. The highest BCUT2D eigenvalue weighted by molar-refractivity contribution is 5.18. The molecule has 19 heavy (non-hydrogen) atoms. The SMILES string of the molecule is CC1CCCC(C(C(C)C)C(O)c2ccccc2)N1. The van der Waals surface area contributed by atoms with Gasteiger partial charge in [0, 0.05) is 18.0 Å². The van der Waals surface area contributed by atoms with E-state index >= 15 is 0 Å². The van der Waals surface area contributed by atoms with E-state index in [1.54, 1.807) is 0 Å². The monoisotopic (exact) mass is 261 g/mol. The Kier molecular flexibility index (Phi) is 5.00. The number of hydrogen-bond donors (Lipinski definition) is 2. The molecule has 0 radical (unpaired) electrons. The van der Waals surface area contributed by atoms with Crippen LogP contribution in [0.1, 0.15) is 51.7 Å². The normalized spacial score (nSPS) is 27.2. The molecule has 1 saturated heterocycles. The van der Waals surface area contributed by atoms with Gasteiger partial charge in [-0.1, -0.05) is 50.6 Å². The van der Waals surface area contributed by atoms with Crippen LogP contribution in [-0.4, -0.2) is 17.2 Å². The fraction of sp³-hybridized carbons (Fsp3) is 0.647. The van der Waals surface area contributed by atoms with Crippen LogP contribution in [0.15, 0.2) is 30.3 Å². The number of aliphatic hydroxyl groups is 1. The zero-order chi connectivity index (χ0) is 13.8. The molecule has 2 N–H and O–H groups in total. The van der Waals surface area contributed by atoms with Crippen molar-refractivity contribution in [3.63, 3.8) is 0 Å². The van der Waals surface area contributed by atoms with E-state index in [1.807, 2.05) is 30.3 Å². The number of nitrogens with one attached hydrogen (secondary N) is 1. The molecule has 0 spiro atoms. The van der Waals surface area contributed by atoms with Crippen molar-refractivity contribution in [3.8, 4) is 0 Å². The quantitative estimate of drug-likeness (QED) is 0.869. The van der Waals surface area contributed by atoms with Gasteiger partial charge in [-0.05, 0) is 31.2 Å². The van der Waals surface area contributed by atoms with Crippen LogP contribution in [0, 0.1) is 11.8 Å². The third-order valence-electron chi connectivity index (χ3n) is 4.39.